The molecule has 0 unspecified atom stereocenters. The summed E-state index contributed by atoms with van der Waals surface area (Å²) in [5.74, 6) is -0.0609. The number of carbonyl (C=O) groups excluding carboxylic acids is 1. The molecule has 136 valence electrons. The monoisotopic (exact) mass is 365 g/mol. The summed E-state index contributed by atoms with van der Waals surface area (Å²) in [6.45, 7) is 0. The molecule has 2 aromatic carbocycles. The number of non-ortho nitro benzene ring substituents is 1. The average molecular weight is 365 g/mol. The first-order valence-electron chi connectivity index (χ1n) is 8.08. The van der Waals surface area contributed by atoms with E-state index in [1.165, 1.54) is 12.1 Å². The molecule has 10 heteroatoms. The van der Waals surface area contributed by atoms with Crippen LogP contribution in [0, 0.1) is 10.1 Å². The van der Waals surface area contributed by atoms with Gasteiger partial charge in [-0.2, -0.15) is 10.2 Å². The highest BCUT2D eigenvalue weighted by Crippen LogP contribution is 2.24. The molecule has 0 saturated carbocycles. The van der Waals surface area contributed by atoms with Crippen molar-refractivity contribution in [3.8, 4) is 0 Å². The number of nitro benzene ring substituents is 1. The second-order valence-corrected chi connectivity index (χ2v) is 6.17. The second-order valence-electron chi connectivity index (χ2n) is 6.17. The number of rotatable bonds is 3. The molecular weight excluding hydrogens is 350 g/mol. The van der Waals surface area contributed by atoms with Crippen molar-refractivity contribution in [3.05, 3.63) is 69.8 Å². The molecule has 0 bridgehead atoms. The molecule has 2 aliphatic heterocycles. The molecule has 0 saturated heterocycles. The smallest absolute Gasteiger partial charge is 0.275 e. The lowest BCUT2D eigenvalue weighted by Crippen LogP contribution is -2.65. The van der Waals surface area contributed by atoms with Crippen LogP contribution in [0.4, 0.5) is 11.4 Å². The summed E-state index contributed by atoms with van der Waals surface area (Å²) in [6.07, 6.45) is 0.168. The maximum absolute atomic E-state index is 12.7. The van der Waals surface area contributed by atoms with Crippen LogP contribution in [-0.2, 0) is 4.79 Å². The fourth-order valence-corrected chi connectivity index (χ4v) is 2.94. The van der Waals surface area contributed by atoms with Gasteiger partial charge in [-0.1, -0.05) is 24.3 Å². The summed E-state index contributed by atoms with van der Waals surface area (Å²) in [5, 5.41) is 22.1. The Balaban J connectivity index is 1.57. The summed E-state index contributed by atoms with van der Waals surface area (Å²) in [5.41, 5.74) is 12.4. The summed E-state index contributed by atoms with van der Waals surface area (Å²) < 4.78 is 0. The van der Waals surface area contributed by atoms with E-state index in [-0.39, 0.29) is 18.0 Å². The van der Waals surface area contributed by atoms with Crippen LogP contribution >= 0.6 is 0 Å². The van der Waals surface area contributed by atoms with Crippen LogP contribution < -0.4 is 21.9 Å². The Kier molecular flexibility index (Phi) is 3.73. The zero-order valence-electron chi connectivity index (χ0n) is 14.0. The summed E-state index contributed by atoms with van der Waals surface area (Å²) in [4.78, 5) is 23.2. The van der Waals surface area contributed by atoms with E-state index in [0.717, 1.165) is 0 Å². The summed E-state index contributed by atoms with van der Waals surface area (Å²) in [6, 6.07) is 13.1. The molecule has 2 heterocycles. The highest BCUT2D eigenvalue weighted by molar-refractivity contribution is 6.16. The van der Waals surface area contributed by atoms with Gasteiger partial charge in [-0.15, -0.1) is 0 Å². The first kappa shape index (κ1) is 16.5. The zero-order chi connectivity index (χ0) is 19.0. The fraction of sp³-hybridized carbons (Fsp3) is 0.118. The number of hydrogen-bond donors (Lipinski definition) is 4. The molecule has 0 aromatic heterocycles. The molecule has 0 fully saturated rings. The van der Waals surface area contributed by atoms with E-state index in [1.54, 1.807) is 36.4 Å². The Morgan fingerprint density at radius 3 is 2.63 bits per heavy atom. The lowest BCUT2D eigenvalue weighted by molar-refractivity contribution is -0.384. The molecular formula is C17H15N7O3. The van der Waals surface area contributed by atoms with Gasteiger partial charge in [0.1, 0.15) is 0 Å². The Morgan fingerprint density at radius 1 is 1.11 bits per heavy atom. The van der Waals surface area contributed by atoms with E-state index in [0.29, 0.717) is 28.4 Å². The van der Waals surface area contributed by atoms with Gasteiger partial charge in [0.2, 0.25) is 5.66 Å². The summed E-state index contributed by atoms with van der Waals surface area (Å²) in [7, 11) is 0. The van der Waals surface area contributed by atoms with Crippen molar-refractivity contribution in [3.63, 3.8) is 0 Å². The molecule has 0 radical (unpaired) electrons. The van der Waals surface area contributed by atoms with Crippen LogP contribution in [-0.4, -0.2) is 28.0 Å². The van der Waals surface area contributed by atoms with E-state index in [1.807, 2.05) is 0 Å². The molecule has 27 heavy (non-hydrogen) atoms. The Bertz CT molecular complexity index is 1020. The number of nitrogens with zero attached hydrogens (tertiary/aromatic N) is 3. The van der Waals surface area contributed by atoms with Gasteiger partial charge in [-0.25, -0.2) is 0 Å². The molecule has 10 nitrogen and oxygen atoms in total. The van der Waals surface area contributed by atoms with Crippen molar-refractivity contribution in [2.45, 2.75) is 12.1 Å². The van der Waals surface area contributed by atoms with Crippen LogP contribution in [0.5, 0.6) is 0 Å². The maximum Gasteiger partial charge on any atom is 0.275 e. The van der Waals surface area contributed by atoms with E-state index in [9.17, 15) is 14.9 Å². The zero-order valence-corrected chi connectivity index (χ0v) is 14.0. The molecule has 2 aliphatic rings. The lowest BCUT2D eigenvalue weighted by atomic mass is 9.98. The van der Waals surface area contributed by atoms with Gasteiger partial charge < -0.3 is 11.1 Å². The topological polar surface area (TPSA) is 147 Å². The molecule has 0 aliphatic carbocycles. The third-order valence-electron chi connectivity index (χ3n) is 4.40. The van der Waals surface area contributed by atoms with Crippen molar-refractivity contribution in [1.29, 1.82) is 0 Å². The van der Waals surface area contributed by atoms with E-state index >= 15 is 0 Å². The summed E-state index contributed by atoms with van der Waals surface area (Å²) >= 11 is 0. The normalized spacial score (nSPS) is 21.0. The number of anilines is 1. The first-order valence-corrected chi connectivity index (χ1v) is 8.08. The van der Waals surface area contributed by atoms with Crippen LogP contribution in [0.15, 0.2) is 58.7 Å². The number of amidine groups is 1. The predicted molar refractivity (Wildman–Crippen MR) is 98.8 cm³/mol. The van der Waals surface area contributed by atoms with Crippen LogP contribution in [0.3, 0.4) is 0 Å². The van der Waals surface area contributed by atoms with Gasteiger partial charge in [0.25, 0.3) is 11.6 Å². The van der Waals surface area contributed by atoms with Gasteiger partial charge in [0, 0.05) is 35.4 Å². The maximum atomic E-state index is 12.7. The Morgan fingerprint density at radius 2 is 1.89 bits per heavy atom. The van der Waals surface area contributed by atoms with Crippen molar-refractivity contribution in [2.24, 2.45) is 10.2 Å². The molecule has 5 N–H and O–H groups in total. The third kappa shape index (κ3) is 2.82. The number of para-hydroxylation sites is 1. The van der Waals surface area contributed by atoms with E-state index in [2.05, 4.69) is 26.4 Å². The standard InChI is InChI=1S/C17H15N7O3/c18-13-7-2-1-6-12(13)15-19-16(25)17(23-21-15)9-14(20-22-17)10-4-3-5-11(8-10)24(26)27/h1-8,22-23H,9,18H2,(H,19,21,25)/t17-/m1/s1. The highest BCUT2D eigenvalue weighted by atomic mass is 16.6. The molecule has 1 atom stereocenters. The van der Waals surface area contributed by atoms with Crippen LogP contribution in [0.25, 0.3) is 0 Å². The van der Waals surface area contributed by atoms with Crippen molar-refractivity contribution in [1.82, 2.24) is 16.2 Å². The van der Waals surface area contributed by atoms with Gasteiger partial charge in [0.05, 0.1) is 10.6 Å². The molecule has 4 rings (SSSR count). The quantitative estimate of drug-likeness (QED) is 0.357. The number of nitrogens with one attached hydrogen (secondary N) is 3. The van der Waals surface area contributed by atoms with Crippen molar-refractivity contribution in [2.75, 3.05) is 5.73 Å². The van der Waals surface area contributed by atoms with Gasteiger partial charge in [-0.3, -0.25) is 25.8 Å². The Hall–Kier alpha value is -3.95. The number of hydrogen-bond acceptors (Lipinski definition) is 8. The number of nitro groups is 1. The number of amides is 1. The van der Waals surface area contributed by atoms with Crippen LogP contribution in [0.2, 0.25) is 0 Å². The van der Waals surface area contributed by atoms with Crippen molar-refractivity contribution >= 4 is 28.8 Å². The van der Waals surface area contributed by atoms with Crippen LogP contribution in [0.1, 0.15) is 17.5 Å². The van der Waals surface area contributed by atoms with E-state index in [4.69, 9.17) is 5.73 Å². The van der Waals surface area contributed by atoms with Gasteiger partial charge in [-0.05, 0) is 12.1 Å². The minimum absolute atomic E-state index is 0.0444. The predicted octanol–water partition coefficient (Wildman–Crippen LogP) is 0.652. The number of nitrogen functional groups attached to an aromatic ring is 1. The van der Waals surface area contributed by atoms with Gasteiger partial charge in [0.15, 0.2) is 5.84 Å². The fourth-order valence-electron chi connectivity index (χ4n) is 2.94. The molecule has 1 amide bonds. The number of carbonyl (C=O) groups is 1. The Labute approximate surface area is 153 Å². The number of nitrogens with two attached hydrogens (primary N) is 1. The lowest BCUT2D eigenvalue weighted by Gasteiger charge is -2.31. The number of hydrazone groups is 2. The first-order chi connectivity index (χ1) is 13.0. The molecule has 2 aromatic rings. The second kappa shape index (κ2) is 6.09. The van der Waals surface area contributed by atoms with E-state index < -0.39 is 10.6 Å². The largest absolute Gasteiger partial charge is 0.398 e. The van der Waals surface area contributed by atoms with Crippen molar-refractivity contribution < 1.29 is 9.72 Å². The number of benzene rings is 2. The minimum atomic E-state index is -1.26. The third-order valence-corrected chi connectivity index (χ3v) is 4.40. The minimum Gasteiger partial charge on any atom is -0.398 e. The SMILES string of the molecule is Nc1ccccc1C1=NN[C@]2(CC(c3cccc([N+](=O)[O-])c3)=NN2)C(=O)N1. The molecule has 1 spiro atoms. The van der Waals surface area contributed by atoms with Gasteiger partial charge >= 0.3 is 0 Å². The average Bonchev–Trinajstić information content (AvgIpc) is 3.10. The highest BCUT2D eigenvalue weighted by Gasteiger charge is 2.46.